The van der Waals surface area contributed by atoms with E-state index in [4.69, 9.17) is 14.2 Å². The molecule has 0 saturated carbocycles. The van der Waals surface area contributed by atoms with Gasteiger partial charge in [-0.25, -0.2) is 10.2 Å². The molecule has 0 aliphatic rings. The molecule has 7 nitrogen and oxygen atoms in total. The Morgan fingerprint density at radius 1 is 0.844 bits per heavy atom. The van der Waals surface area contributed by atoms with Gasteiger partial charge in [0, 0.05) is 5.56 Å². The first-order valence-corrected chi connectivity index (χ1v) is 10.1. The lowest BCUT2D eigenvalue weighted by atomic mass is 10.2. The summed E-state index contributed by atoms with van der Waals surface area (Å²) >= 11 is 0. The van der Waals surface area contributed by atoms with Crippen LogP contribution in [-0.4, -0.2) is 31.8 Å². The van der Waals surface area contributed by atoms with Gasteiger partial charge < -0.3 is 14.2 Å². The van der Waals surface area contributed by atoms with Crippen LogP contribution in [0.5, 0.6) is 17.2 Å². The van der Waals surface area contributed by atoms with Crippen molar-refractivity contribution in [1.82, 2.24) is 5.43 Å². The van der Waals surface area contributed by atoms with Crippen LogP contribution < -0.4 is 19.6 Å². The summed E-state index contributed by atoms with van der Waals surface area (Å²) < 4.78 is 16.0. The average molecular weight is 432 g/mol. The van der Waals surface area contributed by atoms with E-state index in [2.05, 4.69) is 10.5 Å². The predicted molar refractivity (Wildman–Crippen MR) is 122 cm³/mol. The molecule has 0 heterocycles. The van der Waals surface area contributed by atoms with Gasteiger partial charge in [0.1, 0.15) is 17.2 Å². The fourth-order valence-electron chi connectivity index (χ4n) is 2.67. The topological polar surface area (TPSA) is 86.2 Å². The highest BCUT2D eigenvalue weighted by Gasteiger charge is 2.09. The molecule has 3 rings (SSSR count). The molecule has 32 heavy (non-hydrogen) atoms. The first-order chi connectivity index (χ1) is 15.6. The number of hydrogen-bond donors (Lipinski definition) is 1. The lowest BCUT2D eigenvalue weighted by Crippen LogP contribution is -2.17. The van der Waals surface area contributed by atoms with Gasteiger partial charge in [0.15, 0.2) is 0 Å². The van der Waals surface area contributed by atoms with E-state index in [1.807, 2.05) is 6.92 Å². The van der Waals surface area contributed by atoms with Crippen molar-refractivity contribution in [2.45, 2.75) is 13.3 Å². The van der Waals surface area contributed by atoms with Crippen LogP contribution in [0.3, 0.4) is 0 Å². The molecule has 0 bridgehead atoms. The van der Waals surface area contributed by atoms with Gasteiger partial charge in [-0.1, -0.05) is 6.92 Å². The molecule has 0 radical (unpaired) electrons. The van der Waals surface area contributed by atoms with E-state index >= 15 is 0 Å². The van der Waals surface area contributed by atoms with Gasteiger partial charge in [-0.05, 0) is 84.8 Å². The van der Waals surface area contributed by atoms with E-state index < -0.39 is 5.97 Å². The van der Waals surface area contributed by atoms with Gasteiger partial charge >= 0.3 is 5.97 Å². The van der Waals surface area contributed by atoms with Crippen molar-refractivity contribution < 1.29 is 23.8 Å². The van der Waals surface area contributed by atoms with Crippen molar-refractivity contribution in [2.75, 3.05) is 13.7 Å². The lowest BCUT2D eigenvalue weighted by molar-refractivity contribution is 0.0734. The Balaban J connectivity index is 1.51. The van der Waals surface area contributed by atoms with Crippen molar-refractivity contribution in [1.29, 1.82) is 0 Å². The van der Waals surface area contributed by atoms with Gasteiger partial charge in [0.25, 0.3) is 5.91 Å². The molecule has 0 atom stereocenters. The molecule has 0 spiro atoms. The number of benzene rings is 3. The zero-order valence-electron chi connectivity index (χ0n) is 17.9. The summed E-state index contributed by atoms with van der Waals surface area (Å²) in [7, 11) is 1.56. The fourth-order valence-corrected chi connectivity index (χ4v) is 2.67. The Labute approximate surface area is 186 Å². The zero-order chi connectivity index (χ0) is 22.8. The van der Waals surface area contributed by atoms with Crippen molar-refractivity contribution in [3.05, 3.63) is 89.5 Å². The maximum Gasteiger partial charge on any atom is 0.343 e. The summed E-state index contributed by atoms with van der Waals surface area (Å²) in [5.74, 6) is 0.997. The average Bonchev–Trinajstić information content (AvgIpc) is 2.84. The number of hydrazone groups is 1. The number of esters is 1. The van der Waals surface area contributed by atoms with Gasteiger partial charge in [-0.3, -0.25) is 4.79 Å². The maximum absolute atomic E-state index is 12.3. The third-order valence-corrected chi connectivity index (χ3v) is 4.39. The summed E-state index contributed by atoms with van der Waals surface area (Å²) in [6, 6.07) is 20.3. The van der Waals surface area contributed by atoms with Crippen molar-refractivity contribution >= 4 is 18.1 Å². The van der Waals surface area contributed by atoms with E-state index in [1.54, 1.807) is 79.9 Å². The number of nitrogens with zero attached hydrogens (tertiary/aromatic N) is 1. The Bertz CT molecular complexity index is 1060. The predicted octanol–water partition coefficient (Wildman–Crippen LogP) is 4.47. The third kappa shape index (κ3) is 6.43. The minimum atomic E-state index is -0.458. The molecule has 0 fully saturated rings. The van der Waals surface area contributed by atoms with E-state index in [9.17, 15) is 9.59 Å². The highest BCUT2D eigenvalue weighted by atomic mass is 16.5. The quantitative estimate of drug-likeness (QED) is 0.233. The lowest BCUT2D eigenvalue weighted by Gasteiger charge is -2.07. The van der Waals surface area contributed by atoms with Crippen LogP contribution in [-0.2, 0) is 0 Å². The summed E-state index contributed by atoms with van der Waals surface area (Å²) in [5, 5.41) is 3.95. The van der Waals surface area contributed by atoms with Crippen LogP contribution in [0.15, 0.2) is 77.9 Å². The summed E-state index contributed by atoms with van der Waals surface area (Å²) in [5.41, 5.74) is 4.10. The number of ether oxygens (including phenoxy) is 3. The Hall–Kier alpha value is -4.13. The van der Waals surface area contributed by atoms with Crippen LogP contribution in [0, 0.1) is 0 Å². The first-order valence-electron chi connectivity index (χ1n) is 10.1. The highest BCUT2D eigenvalue weighted by molar-refractivity contribution is 5.95. The second-order valence-electron chi connectivity index (χ2n) is 6.76. The highest BCUT2D eigenvalue weighted by Crippen LogP contribution is 2.17. The van der Waals surface area contributed by atoms with Crippen LogP contribution in [0.25, 0.3) is 0 Å². The molecule has 3 aromatic carbocycles. The molecule has 7 heteroatoms. The largest absolute Gasteiger partial charge is 0.497 e. The molecule has 0 aromatic heterocycles. The molecule has 0 unspecified atom stereocenters. The van der Waals surface area contributed by atoms with Gasteiger partial charge in [-0.2, -0.15) is 5.10 Å². The van der Waals surface area contributed by atoms with E-state index in [1.165, 1.54) is 6.21 Å². The number of methoxy groups -OCH3 is 1. The van der Waals surface area contributed by atoms with E-state index in [0.717, 1.165) is 12.0 Å². The number of amides is 1. The second-order valence-corrected chi connectivity index (χ2v) is 6.76. The fraction of sp³-hybridized carbons (Fsp3) is 0.160. The SMILES string of the molecule is CCCOc1ccc(C(=O)Oc2ccc(/C=N/NC(=O)c3ccc(OC)cc3)cc2)cc1. The number of carbonyl (C=O) groups is 2. The van der Waals surface area contributed by atoms with Crippen LogP contribution in [0.2, 0.25) is 0 Å². The van der Waals surface area contributed by atoms with Crippen LogP contribution >= 0.6 is 0 Å². The van der Waals surface area contributed by atoms with Crippen molar-refractivity contribution in [2.24, 2.45) is 5.10 Å². The number of hydrogen-bond acceptors (Lipinski definition) is 6. The Kier molecular flexibility index (Phi) is 7.97. The number of nitrogens with one attached hydrogen (secondary N) is 1. The molecule has 0 aliphatic carbocycles. The summed E-state index contributed by atoms with van der Waals surface area (Å²) in [4.78, 5) is 24.4. The molecule has 0 aliphatic heterocycles. The number of rotatable bonds is 9. The van der Waals surface area contributed by atoms with Crippen molar-refractivity contribution in [3.63, 3.8) is 0 Å². The van der Waals surface area contributed by atoms with Gasteiger partial charge in [0.2, 0.25) is 0 Å². The summed E-state index contributed by atoms with van der Waals surface area (Å²) in [6.07, 6.45) is 2.42. The van der Waals surface area contributed by atoms with E-state index in [0.29, 0.717) is 35.0 Å². The Morgan fingerprint density at radius 2 is 1.44 bits per heavy atom. The third-order valence-electron chi connectivity index (χ3n) is 4.39. The van der Waals surface area contributed by atoms with Gasteiger partial charge in [0.05, 0.1) is 25.5 Å². The van der Waals surface area contributed by atoms with Gasteiger partial charge in [-0.15, -0.1) is 0 Å². The smallest absolute Gasteiger partial charge is 0.343 e. The molecule has 3 aromatic rings. The molecule has 164 valence electrons. The Morgan fingerprint density at radius 3 is 2.06 bits per heavy atom. The molecular formula is C25H24N2O5. The molecule has 0 saturated heterocycles. The minimum Gasteiger partial charge on any atom is -0.497 e. The van der Waals surface area contributed by atoms with Crippen molar-refractivity contribution in [3.8, 4) is 17.2 Å². The van der Waals surface area contributed by atoms with E-state index in [-0.39, 0.29) is 5.91 Å². The zero-order valence-corrected chi connectivity index (χ0v) is 17.9. The standard InChI is InChI=1S/C25H24N2O5/c1-3-16-31-22-14-8-20(9-15-22)25(29)32-23-10-4-18(5-11-23)17-26-27-24(28)19-6-12-21(30-2)13-7-19/h4-15,17H,3,16H2,1-2H3,(H,27,28)/b26-17+. The first kappa shape index (κ1) is 22.6. The normalized spacial score (nSPS) is 10.6. The van der Waals surface area contributed by atoms with Crippen LogP contribution in [0.4, 0.5) is 0 Å². The molecular weight excluding hydrogens is 408 g/mol. The minimum absolute atomic E-state index is 0.333. The molecule has 1 amide bonds. The monoisotopic (exact) mass is 432 g/mol. The second kappa shape index (κ2) is 11.3. The summed E-state index contributed by atoms with van der Waals surface area (Å²) in [6.45, 7) is 2.66. The van der Waals surface area contributed by atoms with Crippen LogP contribution in [0.1, 0.15) is 39.6 Å². The maximum atomic E-state index is 12.3. The number of carbonyl (C=O) groups excluding carboxylic acids is 2. The molecule has 1 N–H and O–H groups in total.